The first-order valence-electron chi connectivity index (χ1n) is 8.44. The lowest BCUT2D eigenvalue weighted by Crippen LogP contribution is -2.31. The minimum absolute atomic E-state index is 0.112. The van der Waals surface area contributed by atoms with Gasteiger partial charge in [0.15, 0.2) is 0 Å². The number of nitrogens with zero attached hydrogens (tertiary/aromatic N) is 1. The van der Waals surface area contributed by atoms with Gasteiger partial charge in [0.05, 0.1) is 13.2 Å². The molecule has 1 heterocycles. The van der Waals surface area contributed by atoms with Crippen LogP contribution in [0, 0.1) is 6.92 Å². The van der Waals surface area contributed by atoms with E-state index in [9.17, 15) is 0 Å². The highest BCUT2D eigenvalue weighted by Gasteiger charge is 2.20. The van der Waals surface area contributed by atoms with Crippen molar-refractivity contribution in [2.45, 2.75) is 32.2 Å². The summed E-state index contributed by atoms with van der Waals surface area (Å²) in [4.78, 5) is 2.50. The topological polar surface area (TPSA) is 38.5 Å². The summed E-state index contributed by atoms with van der Waals surface area (Å²) in [5.41, 5.74) is 11.6. The molecule has 2 aromatic rings. The fourth-order valence-electron chi connectivity index (χ4n) is 3.46. The molecule has 0 aromatic heterocycles. The first kappa shape index (κ1) is 15.9. The Hall–Kier alpha value is -2.00. The van der Waals surface area contributed by atoms with Crippen LogP contribution in [-0.4, -0.2) is 20.2 Å². The Balaban J connectivity index is 1.96. The zero-order chi connectivity index (χ0) is 16.2. The van der Waals surface area contributed by atoms with Crippen LogP contribution < -0.4 is 15.4 Å². The molecule has 1 fully saturated rings. The fraction of sp³-hybridized carbons (Fsp3) is 0.400. The molecule has 0 spiro atoms. The van der Waals surface area contributed by atoms with Crippen molar-refractivity contribution in [2.75, 3.05) is 25.1 Å². The van der Waals surface area contributed by atoms with Crippen LogP contribution in [0.25, 0.3) is 0 Å². The van der Waals surface area contributed by atoms with Gasteiger partial charge in [0, 0.05) is 18.8 Å². The molecule has 0 amide bonds. The summed E-state index contributed by atoms with van der Waals surface area (Å²) < 4.78 is 5.25. The number of methoxy groups -OCH3 is 1. The molecule has 1 atom stereocenters. The van der Waals surface area contributed by atoms with Gasteiger partial charge in [0.2, 0.25) is 0 Å². The number of rotatable bonds is 4. The molecule has 3 rings (SSSR count). The van der Waals surface area contributed by atoms with E-state index >= 15 is 0 Å². The van der Waals surface area contributed by atoms with Crippen molar-refractivity contribution >= 4 is 5.69 Å². The number of hydrogen-bond donors (Lipinski definition) is 1. The highest BCUT2D eigenvalue weighted by Crippen LogP contribution is 2.34. The number of nitrogens with two attached hydrogens (primary N) is 1. The molecule has 23 heavy (non-hydrogen) atoms. The average Bonchev–Trinajstić information content (AvgIpc) is 2.62. The largest absolute Gasteiger partial charge is 0.497 e. The van der Waals surface area contributed by atoms with Crippen LogP contribution in [0.5, 0.6) is 5.75 Å². The van der Waals surface area contributed by atoms with E-state index in [-0.39, 0.29) is 6.04 Å². The van der Waals surface area contributed by atoms with Gasteiger partial charge in [-0.1, -0.05) is 24.3 Å². The molecule has 1 unspecified atom stereocenters. The summed E-state index contributed by atoms with van der Waals surface area (Å²) in [7, 11) is 1.69. The van der Waals surface area contributed by atoms with Crippen LogP contribution in [-0.2, 0) is 0 Å². The van der Waals surface area contributed by atoms with Gasteiger partial charge in [-0.05, 0) is 61.1 Å². The molecule has 0 saturated carbocycles. The third-order valence-corrected chi connectivity index (χ3v) is 4.78. The van der Waals surface area contributed by atoms with Crippen molar-refractivity contribution < 1.29 is 4.74 Å². The van der Waals surface area contributed by atoms with Gasteiger partial charge >= 0.3 is 0 Å². The van der Waals surface area contributed by atoms with Crippen LogP contribution in [0.4, 0.5) is 5.69 Å². The second kappa shape index (κ2) is 7.05. The molecular weight excluding hydrogens is 284 g/mol. The van der Waals surface area contributed by atoms with Gasteiger partial charge in [-0.2, -0.15) is 0 Å². The van der Waals surface area contributed by atoms with E-state index in [1.54, 1.807) is 7.11 Å². The van der Waals surface area contributed by atoms with Crippen molar-refractivity contribution in [1.82, 2.24) is 0 Å². The van der Waals surface area contributed by atoms with Crippen molar-refractivity contribution in [1.29, 1.82) is 0 Å². The summed E-state index contributed by atoms with van der Waals surface area (Å²) in [5.74, 6) is 0.863. The molecule has 3 nitrogen and oxygen atoms in total. The SMILES string of the molecule is COc1ccc(C(N)c2c(C)cccc2N2CCCCC2)cc1. The minimum Gasteiger partial charge on any atom is -0.497 e. The second-order valence-corrected chi connectivity index (χ2v) is 6.31. The zero-order valence-electron chi connectivity index (χ0n) is 14.1. The maximum atomic E-state index is 6.65. The molecule has 3 heteroatoms. The van der Waals surface area contributed by atoms with Gasteiger partial charge in [0.1, 0.15) is 5.75 Å². The summed E-state index contributed by atoms with van der Waals surface area (Å²) in [6, 6.07) is 14.5. The monoisotopic (exact) mass is 310 g/mol. The predicted octanol–water partition coefficient (Wildman–Crippen LogP) is 4.04. The minimum atomic E-state index is -0.112. The van der Waals surface area contributed by atoms with E-state index in [1.807, 2.05) is 12.1 Å². The molecule has 0 aliphatic carbocycles. The molecule has 122 valence electrons. The van der Waals surface area contributed by atoms with Gasteiger partial charge in [-0.15, -0.1) is 0 Å². The maximum Gasteiger partial charge on any atom is 0.118 e. The van der Waals surface area contributed by atoms with Crippen LogP contribution in [0.3, 0.4) is 0 Å². The Morgan fingerprint density at radius 1 is 1.00 bits per heavy atom. The number of aryl methyl sites for hydroxylation is 1. The van der Waals surface area contributed by atoms with Crippen molar-refractivity contribution in [3.8, 4) is 5.75 Å². The molecule has 2 aromatic carbocycles. The van der Waals surface area contributed by atoms with Crippen molar-refractivity contribution in [3.63, 3.8) is 0 Å². The first-order chi connectivity index (χ1) is 11.2. The number of anilines is 1. The lowest BCUT2D eigenvalue weighted by atomic mass is 9.93. The molecule has 2 N–H and O–H groups in total. The van der Waals surface area contributed by atoms with Gasteiger partial charge < -0.3 is 15.4 Å². The number of piperidine rings is 1. The van der Waals surface area contributed by atoms with Crippen LogP contribution in [0.1, 0.15) is 42.0 Å². The van der Waals surface area contributed by atoms with Gasteiger partial charge in [-0.25, -0.2) is 0 Å². The summed E-state index contributed by atoms with van der Waals surface area (Å²) in [6.07, 6.45) is 3.87. The Morgan fingerprint density at radius 3 is 2.35 bits per heavy atom. The highest BCUT2D eigenvalue weighted by molar-refractivity contribution is 5.60. The predicted molar refractivity (Wildman–Crippen MR) is 96.3 cm³/mol. The summed E-state index contributed by atoms with van der Waals surface area (Å²) in [5, 5.41) is 0. The summed E-state index contributed by atoms with van der Waals surface area (Å²) in [6.45, 7) is 4.42. The van der Waals surface area contributed by atoms with Gasteiger partial charge in [0.25, 0.3) is 0 Å². The van der Waals surface area contributed by atoms with E-state index in [1.165, 1.54) is 36.1 Å². The van der Waals surface area contributed by atoms with E-state index in [0.29, 0.717) is 0 Å². The Bertz CT molecular complexity index is 645. The van der Waals surface area contributed by atoms with Crippen LogP contribution >= 0.6 is 0 Å². The molecule has 1 aliphatic rings. The van der Waals surface area contributed by atoms with E-state index < -0.39 is 0 Å². The highest BCUT2D eigenvalue weighted by atomic mass is 16.5. The maximum absolute atomic E-state index is 6.65. The van der Waals surface area contributed by atoms with E-state index in [2.05, 4.69) is 42.2 Å². The number of ether oxygens (including phenoxy) is 1. The lowest BCUT2D eigenvalue weighted by molar-refractivity contribution is 0.414. The Labute approximate surface area is 139 Å². The second-order valence-electron chi connectivity index (χ2n) is 6.31. The quantitative estimate of drug-likeness (QED) is 0.926. The lowest BCUT2D eigenvalue weighted by Gasteiger charge is -2.32. The number of benzene rings is 2. The Kier molecular flexibility index (Phi) is 4.87. The molecule has 0 bridgehead atoms. The third-order valence-electron chi connectivity index (χ3n) is 4.78. The van der Waals surface area contributed by atoms with Crippen molar-refractivity contribution in [2.24, 2.45) is 5.73 Å². The van der Waals surface area contributed by atoms with Crippen molar-refractivity contribution in [3.05, 3.63) is 59.2 Å². The number of hydrogen-bond acceptors (Lipinski definition) is 3. The molecular formula is C20H26N2O. The van der Waals surface area contributed by atoms with Gasteiger partial charge in [-0.3, -0.25) is 0 Å². The molecule has 0 radical (unpaired) electrons. The van der Waals surface area contributed by atoms with E-state index in [0.717, 1.165) is 24.4 Å². The fourth-order valence-corrected chi connectivity index (χ4v) is 3.46. The normalized spacial score (nSPS) is 16.2. The standard InChI is InChI=1S/C20H26N2O/c1-15-7-6-8-18(22-13-4-3-5-14-22)19(15)20(21)16-9-11-17(23-2)12-10-16/h6-12,20H,3-5,13-14,21H2,1-2H3. The first-order valence-corrected chi connectivity index (χ1v) is 8.44. The summed E-state index contributed by atoms with van der Waals surface area (Å²) >= 11 is 0. The Morgan fingerprint density at radius 2 is 1.70 bits per heavy atom. The smallest absolute Gasteiger partial charge is 0.118 e. The van der Waals surface area contributed by atoms with E-state index in [4.69, 9.17) is 10.5 Å². The average molecular weight is 310 g/mol. The molecule has 1 saturated heterocycles. The van der Waals surface area contributed by atoms with Crippen LogP contribution in [0.2, 0.25) is 0 Å². The zero-order valence-corrected chi connectivity index (χ0v) is 14.1. The molecule has 1 aliphatic heterocycles. The van der Waals surface area contributed by atoms with Crippen LogP contribution in [0.15, 0.2) is 42.5 Å². The third kappa shape index (κ3) is 3.35.